The lowest BCUT2D eigenvalue weighted by Crippen LogP contribution is -2.26. The molecule has 0 aliphatic carbocycles. The minimum absolute atomic E-state index is 0.0625. The second kappa shape index (κ2) is 2.80. The average Bonchev–Trinajstić information content (AvgIpc) is 1.99. The number of amides is 1. The van der Waals surface area contributed by atoms with Crippen LogP contribution in [-0.2, 0) is 14.6 Å². The predicted molar refractivity (Wildman–Crippen MR) is 29.3 cm³/mol. The molecular formula is C5H9NO3. The first-order valence-electron chi connectivity index (χ1n) is 2.79. The Morgan fingerprint density at radius 1 is 1.56 bits per heavy atom. The highest BCUT2D eigenvalue weighted by Gasteiger charge is 2.12. The van der Waals surface area contributed by atoms with Gasteiger partial charge in [-0.1, -0.05) is 0 Å². The van der Waals surface area contributed by atoms with E-state index in [9.17, 15) is 4.79 Å². The molecule has 0 spiro atoms. The molecule has 1 heterocycles. The third-order valence-corrected chi connectivity index (χ3v) is 1.15. The second-order valence-electron chi connectivity index (χ2n) is 1.91. The maximum Gasteiger partial charge on any atom is 0.226 e. The summed E-state index contributed by atoms with van der Waals surface area (Å²) in [6.07, 6.45) is 0.413. The molecular weight excluding hydrogens is 122 g/mol. The molecule has 1 saturated heterocycles. The maximum absolute atomic E-state index is 10.8. The Balaban J connectivity index is 2.41. The minimum Gasteiger partial charge on any atom is -0.320 e. The Hall–Kier alpha value is -0.610. The van der Waals surface area contributed by atoms with Crippen LogP contribution in [0.25, 0.3) is 0 Å². The van der Waals surface area contributed by atoms with Gasteiger partial charge >= 0.3 is 0 Å². The van der Waals surface area contributed by atoms with E-state index in [1.807, 2.05) is 0 Å². The van der Waals surface area contributed by atoms with Crippen molar-refractivity contribution < 1.29 is 14.6 Å². The van der Waals surface area contributed by atoms with Gasteiger partial charge in [-0.25, -0.2) is 9.78 Å². The molecule has 0 bridgehead atoms. The quantitative estimate of drug-likeness (QED) is 0.426. The number of hydrogen-bond donors (Lipinski definition) is 0. The van der Waals surface area contributed by atoms with Crippen LogP contribution < -0.4 is 0 Å². The Bertz CT molecular complexity index is 115. The van der Waals surface area contributed by atoms with Crippen LogP contribution in [0.5, 0.6) is 0 Å². The predicted octanol–water partition coefficient (Wildman–Crippen LogP) is -0.246. The third kappa shape index (κ3) is 1.65. The van der Waals surface area contributed by atoms with Crippen LogP contribution in [0.1, 0.15) is 6.42 Å². The molecule has 0 N–H and O–H groups in total. The molecule has 4 heteroatoms. The van der Waals surface area contributed by atoms with Gasteiger partial charge in [-0.3, -0.25) is 4.79 Å². The SMILES string of the molecule is CN1COOCCC1=O. The smallest absolute Gasteiger partial charge is 0.226 e. The summed E-state index contributed by atoms with van der Waals surface area (Å²) in [4.78, 5) is 21.4. The Kier molecular flexibility index (Phi) is 2.02. The van der Waals surface area contributed by atoms with E-state index in [0.717, 1.165) is 0 Å². The molecule has 0 aromatic heterocycles. The molecule has 0 unspecified atom stereocenters. The fourth-order valence-electron chi connectivity index (χ4n) is 0.567. The van der Waals surface area contributed by atoms with Crippen molar-refractivity contribution in [3.05, 3.63) is 0 Å². The van der Waals surface area contributed by atoms with Gasteiger partial charge in [0.1, 0.15) is 0 Å². The Morgan fingerprint density at radius 3 is 3.11 bits per heavy atom. The normalized spacial score (nSPS) is 21.9. The molecule has 4 nitrogen and oxygen atoms in total. The van der Waals surface area contributed by atoms with Crippen molar-refractivity contribution in [3.63, 3.8) is 0 Å². The zero-order valence-corrected chi connectivity index (χ0v) is 5.29. The monoisotopic (exact) mass is 131 g/mol. The van der Waals surface area contributed by atoms with E-state index in [1.165, 1.54) is 4.90 Å². The zero-order chi connectivity index (χ0) is 6.69. The van der Waals surface area contributed by atoms with Gasteiger partial charge in [-0.2, -0.15) is 0 Å². The summed E-state index contributed by atoms with van der Waals surface area (Å²) in [6.45, 7) is 0.599. The molecule has 52 valence electrons. The van der Waals surface area contributed by atoms with Gasteiger partial charge in [0.25, 0.3) is 0 Å². The van der Waals surface area contributed by atoms with Gasteiger partial charge in [0.05, 0.1) is 13.0 Å². The number of carbonyl (C=O) groups excluding carboxylic acids is 1. The Morgan fingerprint density at radius 2 is 2.33 bits per heavy atom. The van der Waals surface area contributed by atoms with Gasteiger partial charge in [-0.05, 0) is 0 Å². The molecule has 0 aromatic rings. The van der Waals surface area contributed by atoms with Gasteiger partial charge in [0.2, 0.25) is 5.91 Å². The first kappa shape index (κ1) is 6.51. The van der Waals surface area contributed by atoms with Crippen LogP contribution in [0.3, 0.4) is 0 Å². The van der Waals surface area contributed by atoms with Crippen molar-refractivity contribution in [2.24, 2.45) is 0 Å². The van der Waals surface area contributed by atoms with Gasteiger partial charge in [0, 0.05) is 7.05 Å². The van der Waals surface area contributed by atoms with Crippen molar-refractivity contribution in [1.29, 1.82) is 0 Å². The summed E-state index contributed by atoms with van der Waals surface area (Å²) in [7, 11) is 1.68. The lowest BCUT2D eigenvalue weighted by Gasteiger charge is -2.09. The summed E-state index contributed by atoms with van der Waals surface area (Å²) in [5.74, 6) is 0.0625. The standard InChI is InChI=1S/C5H9NO3/c1-6-4-9-8-3-2-5(6)7/h2-4H2,1H3. The van der Waals surface area contributed by atoms with Crippen molar-refractivity contribution in [3.8, 4) is 0 Å². The molecule has 0 atom stereocenters. The van der Waals surface area contributed by atoms with Crippen molar-refractivity contribution in [2.45, 2.75) is 6.42 Å². The largest absolute Gasteiger partial charge is 0.320 e. The topological polar surface area (TPSA) is 38.8 Å². The first-order chi connectivity index (χ1) is 4.30. The van der Waals surface area contributed by atoms with Gasteiger partial charge < -0.3 is 4.90 Å². The molecule has 1 aliphatic heterocycles. The summed E-state index contributed by atoms with van der Waals surface area (Å²) in [5.41, 5.74) is 0. The molecule has 1 aliphatic rings. The molecule has 0 radical (unpaired) electrons. The van der Waals surface area contributed by atoms with Crippen LogP contribution in [0.15, 0.2) is 0 Å². The fourth-order valence-corrected chi connectivity index (χ4v) is 0.567. The summed E-state index contributed by atoms with van der Waals surface area (Å²) < 4.78 is 0. The van der Waals surface area contributed by atoms with Crippen LogP contribution >= 0.6 is 0 Å². The third-order valence-electron chi connectivity index (χ3n) is 1.15. The van der Waals surface area contributed by atoms with E-state index < -0.39 is 0 Å². The highest BCUT2D eigenvalue weighted by molar-refractivity contribution is 5.75. The van der Waals surface area contributed by atoms with Crippen molar-refractivity contribution in [2.75, 3.05) is 20.4 Å². The van der Waals surface area contributed by atoms with E-state index in [4.69, 9.17) is 0 Å². The van der Waals surface area contributed by atoms with E-state index in [0.29, 0.717) is 13.0 Å². The van der Waals surface area contributed by atoms with Crippen LogP contribution in [-0.4, -0.2) is 31.2 Å². The van der Waals surface area contributed by atoms with E-state index >= 15 is 0 Å². The van der Waals surface area contributed by atoms with E-state index in [1.54, 1.807) is 7.05 Å². The lowest BCUT2D eigenvalue weighted by molar-refractivity contribution is -0.301. The van der Waals surface area contributed by atoms with Crippen molar-refractivity contribution >= 4 is 5.91 Å². The molecule has 9 heavy (non-hydrogen) atoms. The number of hydrogen-bond acceptors (Lipinski definition) is 3. The molecule has 0 aromatic carbocycles. The summed E-state index contributed by atoms with van der Waals surface area (Å²) in [5, 5.41) is 0. The summed E-state index contributed by atoms with van der Waals surface area (Å²) in [6, 6.07) is 0. The Labute approximate surface area is 53.3 Å². The molecule has 0 saturated carbocycles. The number of carbonyl (C=O) groups is 1. The first-order valence-corrected chi connectivity index (χ1v) is 2.79. The zero-order valence-electron chi connectivity index (χ0n) is 5.29. The van der Waals surface area contributed by atoms with E-state index in [2.05, 4.69) is 9.78 Å². The average molecular weight is 131 g/mol. The van der Waals surface area contributed by atoms with Gasteiger partial charge in [0.15, 0.2) is 6.73 Å². The summed E-state index contributed by atoms with van der Waals surface area (Å²) >= 11 is 0. The van der Waals surface area contributed by atoms with Gasteiger partial charge in [-0.15, -0.1) is 0 Å². The maximum atomic E-state index is 10.8. The van der Waals surface area contributed by atoms with Crippen LogP contribution in [0.4, 0.5) is 0 Å². The van der Waals surface area contributed by atoms with Crippen molar-refractivity contribution in [1.82, 2.24) is 4.90 Å². The highest BCUT2D eigenvalue weighted by atomic mass is 17.2. The molecule has 1 amide bonds. The molecule has 1 rings (SSSR count). The lowest BCUT2D eigenvalue weighted by atomic mass is 10.4. The number of rotatable bonds is 0. The van der Waals surface area contributed by atoms with Crippen LogP contribution in [0.2, 0.25) is 0 Å². The minimum atomic E-state index is 0.0625. The second-order valence-corrected chi connectivity index (χ2v) is 1.91. The highest BCUT2D eigenvalue weighted by Crippen LogP contribution is 1.97. The fraction of sp³-hybridized carbons (Fsp3) is 0.800. The molecule has 1 fully saturated rings. The van der Waals surface area contributed by atoms with Crippen LogP contribution in [0, 0.1) is 0 Å². The van der Waals surface area contributed by atoms with E-state index in [-0.39, 0.29) is 12.6 Å². The number of nitrogens with zero attached hydrogens (tertiary/aromatic N) is 1.